The van der Waals surface area contributed by atoms with Gasteiger partial charge in [-0.1, -0.05) is 17.7 Å². The minimum Gasteiger partial charge on any atom is -0.493 e. The molecule has 0 aliphatic rings. The number of rotatable bonds is 6. The van der Waals surface area contributed by atoms with Crippen molar-refractivity contribution in [2.75, 3.05) is 14.2 Å². The Balaban J connectivity index is 1.96. The second-order valence-electron chi connectivity index (χ2n) is 5.07. The van der Waals surface area contributed by atoms with Crippen LogP contribution in [0, 0.1) is 6.92 Å². The lowest BCUT2D eigenvalue weighted by atomic mass is 10.1. The Morgan fingerprint density at radius 3 is 2.35 bits per heavy atom. The molecule has 23 heavy (non-hydrogen) atoms. The molecule has 0 aromatic heterocycles. The zero-order valence-corrected chi connectivity index (χ0v) is 14.1. The van der Waals surface area contributed by atoms with Crippen LogP contribution in [-0.2, 0) is 11.2 Å². The maximum Gasteiger partial charge on any atom is 0.311 e. The van der Waals surface area contributed by atoms with E-state index in [0.29, 0.717) is 28.7 Å². The Labute approximate surface area is 140 Å². The molecule has 0 aliphatic heterocycles. The van der Waals surface area contributed by atoms with Gasteiger partial charge in [0, 0.05) is 11.4 Å². The summed E-state index contributed by atoms with van der Waals surface area (Å²) in [7, 11) is 3.17. The summed E-state index contributed by atoms with van der Waals surface area (Å²) in [5, 5.41) is 0.618. The zero-order valence-electron chi connectivity index (χ0n) is 13.4. The van der Waals surface area contributed by atoms with Crippen LogP contribution in [0.15, 0.2) is 36.4 Å². The minimum atomic E-state index is -0.287. The van der Waals surface area contributed by atoms with Crippen LogP contribution in [0.2, 0.25) is 5.02 Å². The monoisotopic (exact) mass is 334 g/mol. The molecule has 2 aromatic carbocycles. The molecule has 0 atom stereocenters. The van der Waals surface area contributed by atoms with E-state index < -0.39 is 0 Å². The summed E-state index contributed by atoms with van der Waals surface area (Å²) in [5.74, 6) is 1.56. The second kappa shape index (κ2) is 7.88. The maximum atomic E-state index is 12.0. The van der Waals surface area contributed by atoms with Gasteiger partial charge in [0.1, 0.15) is 5.75 Å². The summed E-state index contributed by atoms with van der Waals surface area (Å²) in [6, 6.07) is 10.8. The molecule has 122 valence electrons. The summed E-state index contributed by atoms with van der Waals surface area (Å²) in [5.41, 5.74) is 1.81. The van der Waals surface area contributed by atoms with Crippen molar-refractivity contribution in [1.82, 2.24) is 0 Å². The molecule has 0 spiro atoms. The molecule has 0 amide bonds. The van der Waals surface area contributed by atoms with Gasteiger partial charge < -0.3 is 14.2 Å². The first-order valence-corrected chi connectivity index (χ1v) is 7.59. The van der Waals surface area contributed by atoms with Crippen LogP contribution in [0.25, 0.3) is 0 Å². The number of hydrogen-bond acceptors (Lipinski definition) is 4. The molecule has 4 nitrogen and oxygen atoms in total. The number of esters is 1. The lowest BCUT2D eigenvalue weighted by Gasteiger charge is -2.10. The van der Waals surface area contributed by atoms with Gasteiger partial charge in [-0.25, -0.2) is 0 Å². The van der Waals surface area contributed by atoms with Crippen molar-refractivity contribution >= 4 is 17.6 Å². The van der Waals surface area contributed by atoms with Crippen molar-refractivity contribution in [1.29, 1.82) is 0 Å². The van der Waals surface area contributed by atoms with Crippen molar-refractivity contribution in [3.63, 3.8) is 0 Å². The highest BCUT2D eigenvalue weighted by molar-refractivity contribution is 6.30. The highest BCUT2D eigenvalue weighted by atomic mass is 35.5. The quantitative estimate of drug-likeness (QED) is 0.586. The number of aryl methyl sites for hydroxylation is 2. The molecule has 0 aliphatic carbocycles. The summed E-state index contributed by atoms with van der Waals surface area (Å²) in [6.45, 7) is 1.85. The first-order chi connectivity index (χ1) is 11.0. The molecule has 0 N–H and O–H groups in total. The average molecular weight is 335 g/mol. The van der Waals surface area contributed by atoms with Gasteiger partial charge in [0.05, 0.1) is 14.2 Å². The van der Waals surface area contributed by atoms with Crippen molar-refractivity contribution in [3.8, 4) is 17.2 Å². The Morgan fingerprint density at radius 1 is 1.00 bits per heavy atom. The van der Waals surface area contributed by atoms with Crippen LogP contribution >= 0.6 is 11.6 Å². The third kappa shape index (κ3) is 4.63. The predicted molar refractivity (Wildman–Crippen MR) is 89.7 cm³/mol. The van der Waals surface area contributed by atoms with E-state index in [1.807, 2.05) is 25.1 Å². The van der Waals surface area contributed by atoms with Gasteiger partial charge in [0.2, 0.25) is 0 Å². The van der Waals surface area contributed by atoms with Gasteiger partial charge in [-0.2, -0.15) is 0 Å². The van der Waals surface area contributed by atoms with E-state index in [0.717, 1.165) is 11.1 Å². The fourth-order valence-electron chi connectivity index (χ4n) is 2.18. The summed E-state index contributed by atoms with van der Waals surface area (Å²) >= 11 is 5.89. The third-order valence-corrected chi connectivity index (χ3v) is 3.66. The average Bonchev–Trinajstić information content (AvgIpc) is 2.55. The van der Waals surface area contributed by atoms with Crippen LogP contribution in [0.5, 0.6) is 17.2 Å². The minimum absolute atomic E-state index is 0.275. The normalized spacial score (nSPS) is 10.3. The van der Waals surface area contributed by atoms with Crippen LogP contribution < -0.4 is 14.2 Å². The molecule has 0 radical (unpaired) electrons. The van der Waals surface area contributed by atoms with Crippen molar-refractivity contribution in [3.05, 3.63) is 52.5 Å². The topological polar surface area (TPSA) is 44.8 Å². The third-order valence-electron chi connectivity index (χ3n) is 3.43. The summed E-state index contributed by atoms with van der Waals surface area (Å²) < 4.78 is 15.8. The van der Waals surface area contributed by atoms with Gasteiger partial charge in [0.15, 0.2) is 11.5 Å². The first-order valence-electron chi connectivity index (χ1n) is 7.21. The molecule has 0 fully saturated rings. The van der Waals surface area contributed by atoms with E-state index in [1.165, 1.54) is 0 Å². The Kier molecular flexibility index (Phi) is 5.88. The van der Waals surface area contributed by atoms with Crippen molar-refractivity contribution in [2.45, 2.75) is 19.8 Å². The number of carbonyl (C=O) groups excluding carboxylic acids is 1. The fraction of sp³-hybridized carbons (Fsp3) is 0.278. The van der Waals surface area contributed by atoms with Crippen LogP contribution in [0.1, 0.15) is 17.5 Å². The summed E-state index contributed by atoms with van der Waals surface area (Å²) in [4.78, 5) is 12.0. The summed E-state index contributed by atoms with van der Waals surface area (Å²) in [6.07, 6.45) is 0.837. The van der Waals surface area contributed by atoms with E-state index in [2.05, 4.69) is 0 Å². The second-order valence-corrected chi connectivity index (χ2v) is 5.51. The number of carbonyl (C=O) groups is 1. The molecule has 0 unspecified atom stereocenters. The van der Waals surface area contributed by atoms with Crippen LogP contribution in [-0.4, -0.2) is 20.2 Å². The van der Waals surface area contributed by atoms with Gasteiger partial charge >= 0.3 is 5.97 Å². The van der Waals surface area contributed by atoms with E-state index in [9.17, 15) is 4.79 Å². The van der Waals surface area contributed by atoms with E-state index in [4.69, 9.17) is 25.8 Å². The van der Waals surface area contributed by atoms with Gasteiger partial charge in [0.25, 0.3) is 0 Å². The van der Waals surface area contributed by atoms with Gasteiger partial charge in [-0.05, 0) is 54.8 Å². The standard InChI is InChI=1S/C18H19ClO4/c1-12-10-14(19)6-8-15(12)23-18(20)9-5-13-4-7-16(21-2)17(11-13)22-3/h4,6-8,10-11H,5,9H2,1-3H3. The van der Waals surface area contributed by atoms with Crippen molar-refractivity contribution in [2.24, 2.45) is 0 Å². The number of hydrogen-bond donors (Lipinski definition) is 0. The number of ether oxygens (including phenoxy) is 3. The first kappa shape index (κ1) is 17.2. The molecule has 2 rings (SSSR count). The van der Waals surface area contributed by atoms with Gasteiger partial charge in [-0.15, -0.1) is 0 Å². The molecule has 0 heterocycles. The predicted octanol–water partition coefficient (Wildman–Crippen LogP) is 4.20. The molecular formula is C18H19ClO4. The number of methoxy groups -OCH3 is 2. The Morgan fingerprint density at radius 2 is 1.70 bits per heavy atom. The molecule has 5 heteroatoms. The fourth-order valence-corrected chi connectivity index (χ4v) is 2.41. The van der Waals surface area contributed by atoms with E-state index in [1.54, 1.807) is 32.4 Å². The highest BCUT2D eigenvalue weighted by Gasteiger charge is 2.10. The highest BCUT2D eigenvalue weighted by Crippen LogP contribution is 2.28. The smallest absolute Gasteiger partial charge is 0.311 e. The zero-order chi connectivity index (χ0) is 16.8. The number of benzene rings is 2. The largest absolute Gasteiger partial charge is 0.493 e. The lowest BCUT2D eigenvalue weighted by Crippen LogP contribution is -2.10. The molecule has 0 saturated carbocycles. The van der Waals surface area contributed by atoms with Crippen LogP contribution in [0.3, 0.4) is 0 Å². The van der Waals surface area contributed by atoms with Crippen LogP contribution in [0.4, 0.5) is 0 Å². The van der Waals surface area contributed by atoms with E-state index >= 15 is 0 Å². The Hall–Kier alpha value is -2.20. The molecular weight excluding hydrogens is 316 g/mol. The number of halogens is 1. The lowest BCUT2D eigenvalue weighted by molar-refractivity contribution is -0.134. The SMILES string of the molecule is COc1ccc(CCC(=O)Oc2ccc(Cl)cc2C)cc1OC. The van der Waals surface area contributed by atoms with E-state index in [-0.39, 0.29) is 12.4 Å². The van der Waals surface area contributed by atoms with Gasteiger partial charge in [-0.3, -0.25) is 4.79 Å². The molecule has 0 saturated heterocycles. The van der Waals surface area contributed by atoms with Crippen molar-refractivity contribution < 1.29 is 19.0 Å². The Bertz CT molecular complexity index is 697. The molecule has 2 aromatic rings. The molecule has 0 bridgehead atoms. The maximum absolute atomic E-state index is 12.0.